The highest BCUT2D eigenvalue weighted by molar-refractivity contribution is 7.92. The minimum Gasteiger partial charge on any atom is -0.353 e. The molecule has 1 N–H and O–H groups in total. The van der Waals surface area contributed by atoms with E-state index in [9.17, 15) is 18.0 Å². The van der Waals surface area contributed by atoms with Crippen molar-refractivity contribution in [2.45, 2.75) is 121 Å². The number of amides is 2. The fraction of sp³-hybridized carbons (Fsp3) is 0.929. The van der Waals surface area contributed by atoms with Crippen LogP contribution in [0, 0.1) is 29.6 Å². The Morgan fingerprint density at radius 3 is 2.11 bits per heavy atom. The molecule has 0 aromatic heterocycles. The van der Waals surface area contributed by atoms with Crippen LogP contribution in [0.2, 0.25) is 0 Å². The average Bonchev–Trinajstić information content (AvgIpc) is 3.62. The van der Waals surface area contributed by atoms with Crippen LogP contribution in [0.1, 0.15) is 104 Å². The molecule has 4 aliphatic carbocycles. The van der Waals surface area contributed by atoms with Gasteiger partial charge in [0.05, 0.1) is 11.0 Å². The van der Waals surface area contributed by atoms with Crippen LogP contribution in [-0.4, -0.2) is 55.3 Å². The Balaban J connectivity index is 1.18. The third kappa shape index (κ3) is 7.01. The van der Waals surface area contributed by atoms with E-state index < -0.39 is 9.84 Å². The Hall–Kier alpha value is -1.11. The molecule has 5 unspecified atom stereocenters. The predicted octanol–water partition coefficient (Wildman–Crippen LogP) is 4.72. The highest BCUT2D eigenvalue weighted by atomic mass is 32.2. The Morgan fingerprint density at radius 1 is 0.829 bits per heavy atom. The van der Waals surface area contributed by atoms with E-state index in [0.717, 1.165) is 51.4 Å². The first-order chi connectivity index (χ1) is 16.6. The molecule has 7 heteroatoms. The van der Waals surface area contributed by atoms with Gasteiger partial charge in [-0.05, 0) is 94.3 Å². The van der Waals surface area contributed by atoms with Crippen molar-refractivity contribution in [2.75, 3.05) is 12.8 Å². The normalized spacial score (nSPS) is 36.4. The van der Waals surface area contributed by atoms with Crippen LogP contribution >= 0.6 is 0 Å². The summed E-state index contributed by atoms with van der Waals surface area (Å²) in [6.45, 7) is 4.45. The van der Waals surface area contributed by atoms with Crippen molar-refractivity contribution in [3.8, 4) is 0 Å². The number of hydrogen-bond acceptors (Lipinski definition) is 4. The summed E-state index contributed by atoms with van der Waals surface area (Å²) in [7, 11) is -0.960. The molecule has 0 bridgehead atoms. The van der Waals surface area contributed by atoms with Crippen LogP contribution in [0.15, 0.2) is 0 Å². The van der Waals surface area contributed by atoms with Crippen molar-refractivity contribution in [1.82, 2.24) is 10.2 Å². The van der Waals surface area contributed by atoms with Crippen molar-refractivity contribution < 1.29 is 18.0 Å². The third-order valence-corrected chi connectivity index (χ3v) is 12.1. The minimum absolute atomic E-state index is 0.0649. The van der Waals surface area contributed by atoms with Gasteiger partial charge in [-0.25, -0.2) is 8.42 Å². The predicted molar refractivity (Wildman–Crippen MR) is 139 cm³/mol. The molecule has 4 aliphatic rings. The van der Waals surface area contributed by atoms with E-state index in [1.165, 1.54) is 19.3 Å². The maximum Gasteiger partial charge on any atom is 0.225 e. The number of sulfone groups is 1. The van der Waals surface area contributed by atoms with E-state index in [2.05, 4.69) is 19.2 Å². The quantitative estimate of drug-likeness (QED) is 0.514. The standard InChI is InChI=1S/C28H48N2O4S/c1-19-6-4-5-7-26(19)30(3)28(32)25-15-12-23(16-20(25)2)29-27(31)17-21-10-13-24(14-11-21)35(33,34)18-22-8-9-22/h19-26H,4-18H2,1-3H3,(H,29,31). The van der Waals surface area contributed by atoms with Crippen molar-refractivity contribution in [2.24, 2.45) is 29.6 Å². The fourth-order valence-electron chi connectivity index (χ4n) is 7.18. The first-order valence-corrected chi connectivity index (χ1v) is 16.1. The molecule has 0 radical (unpaired) electrons. The Bertz CT molecular complexity index is 847. The summed E-state index contributed by atoms with van der Waals surface area (Å²) >= 11 is 0. The lowest BCUT2D eigenvalue weighted by Gasteiger charge is -2.41. The summed E-state index contributed by atoms with van der Waals surface area (Å²) in [5, 5.41) is 3.06. The van der Waals surface area contributed by atoms with Gasteiger partial charge in [0.2, 0.25) is 11.8 Å². The van der Waals surface area contributed by atoms with E-state index >= 15 is 0 Å². The number of carbonyl (C=O) groups is 2. The molecule has 35 heavy (non-hydrogen) atoms. The molecular weight excluding hydrogens is 460 g/mol. The zero-order valence-corrected chi connectivity index (χ0v) is 23.0. The second kappa shape index (κ2) is 11.5. The molecule has 200 valence electrons. The topological polar surface area (TPSA) is 83.5 Å². The number of nitrogens with one attached hydrogen (secondary N) is 1. The second-order valence-corrected chi connectivity index (χ2v) is 14.9. The molecule has 0 spiro atoms. The number of nitrogens with zero attached hydrogens (tertiary/aromatic N) is 1. The summed E-state index contributed by atoms with van der Waals surface area (Å²) in [6, 6.07) is 0.524. The summed E-state index contributed by atoms with van der Waals surface area (Å²) in [6.07, 6.45) is 13.2. The maximum atomic E-state index is 13.3. The summed E-state index contributed by atoms with van der Waals surface area (Å²) in [5.74, 6) is 2.40. The van der Waals surface area contributed by atoms with Crippen LogP contribution in [0.3, 0.4) is 0 Å². The van der Waals surface area contributed by atoms with Crippen LogP contribution in [-0.2, 0) is 19.4 Å². The van der Waals surface area contributed by atoms with Gasteiger partial charge in [-0.1, -0.05) is 26.7 Å². The molecule has 0 heterocycles. The highest BCUT2D eigenvalue weighted by Gasteiger charge is 2.38. The van der Waals surface area contributed by atoms with E-state index in [1.54, 1.807) is 0 Å². The highest BCUT2D eigenvalue weighted by Crippen LogP contribution is 2.37. The molecule has 0 aromatic carbocycles. The average molecular weight is 509 g/mol. The van der Waals surface area contributed by atoms with Gasteiger partial charge < -0.3 is 10.2 Å². The SMILES string of the molecule is CC1CC(NC(=O)CC2CCC(S(=O)(=O)CC3CC3)CC2)CCC1C(=O)N(C)C1CCCCC1C. The van der Waals surface area contributed by atoms with Crippen molar-refractivity contribution >= 4 is 21.7 Å². The van der Waals surface area contributed by atoms with E-state index in [0.29, 0.717) is 54.7 Å². The largest absolute Gasteiger partial charge is 0.353 e. The summed E-state index contributed by atoms with van der Waals surface area (Å²) in [4.78, 5) is 28.1. The van der Waals surface area contributed by atoms with Crippen LogP contribution in [0.25, 0.3) is 0 Å². The van der Waals surface area contributed by atoms with Crippen LogP contribution in [0.5, 0.6) is 0 Å². The van der Waals surface area contributed by atoms with Gasteiger partial charge in [0.15, 0.2) is 9.84 Å². The first kappa shape index (κ1) is 26.9. The Kier molecular flexibility index (Phi) is 8.86. The monoisotopic (exact) mass is 508 g/mol. The van der Waals surface area contributed by atoms with Crippen molar-refractivity contribution in [3.05, 3.63) is 0 Å². The number of carbonyl (C=O) groups excluding carboxylic acids is 2. The lowest BCUT2D eigenvalue weighted by molar-refractivity contribution is -0.141. The smallest absolute Gasteiger partial charge is 0.225 e. The Labute approximate surface area is 213 Å². The lowest BCUT2D eigenvalue weighted by atomic mass is 9.76. The van der Waals surface area contributed by atoms with Gasteiger partial charge in [-0.3, -0.25) is 9.59 Å². The fourth-order valence-corrected chi connectivity index (χ4v) is 9.44. The van der Waals surface area contributed by atoms with Crippen molar-refractivity contribution in [3.63, 3.8) is 0 Å². The molecule has 0 aliphatic heterocycles. The van der Waals surface area contributed by atoms with Gasteiger partial charge in [-0.15, -0.1) is 0 Å². The second-order valence-electron chi connectivity index (χ2n) is 12.6. The van der Waals surface area contributed by atoms with Crippen LogP contribution < -0.4 is 5.32 Å². The van der Waals surface area contributed by atoms with E-state index in [-0.39, 0.29) is 29.0 Å². The maximum absolute atomic E-state index is 13.3. The lowest BCUT2D eigenvalue weighted by Crippen LogP contribution is -2.49. The van der Waals surface area contributed by atoms with E-state index in [1.807, 2.05) is 11.9 Å². The molecule has 5 atom stereocenters. The molecular formula is C28H48N2O4S. The molecule has 0 saturated heterocycles. The molecule has 2 amide bonds. The summed E-state index contributed by atoms with van der Waals surface area (Å²) < 4.78 is 25.1. The molecule has 0 aromatic rings. The van der Waals surface area contributed by atoms with E-state index in [4.69, 9.17) is 0 Å². The molecule has 4 fully saturated rings. The van der Waals surface area contributed by atoms with Crippen molar-refractivity contribution in [1.29, 1.82) is 0 Å². The van der Waals surface area contributed by atoms with Gasteiger partial charge >= 0.3 is 0 Å². The molecule has 6 nitrogen and oxygen atoms in total. The zero-order valence-electron chi connectivity index (χ0n) is 22.2. The minimum atomic E-state index is -2.96. The van der Waals surface area contributed by atoms with Gasteiger partial charge in [0, 0.05) is 31.5 Å². The summed E-state index contributed by atoms with van der Waals surface area (Å²) in [5.41, 5.74) is 0. The molecule has 4 saturated carbocycles. The van der Waals surface area contributed by atoms with Gasteiger partial charge in [0.25, 0.3) is 0 Å². The van der Waals surface area contributed by atoms with Gasteiger partial charge in [0.1, 0.15) is 0 Å². The molecule has 4 rings (SSSR count). The Morgan fingerprint density at radius 2 is 1.49 bits per heavy atom. The third-order valence-electron chi connectivity index (χ3n) is 9.70. The first-order valence-electron chi connectivity index (χ1n) is 14.4. The number of rotatable bonds is 8. The van der Waals surface area contributed by atoms with Crippen LogP contribution in [0.4, 0.5) is 0 Å². The van der Waals surface area contributed by atoms with Gasteiger partial charge in [-0.2, -0.15) is 0 Å². The number of hydrogen-bond donors (Lipinski definition) is 1. The zero-order chi connectivity index (χ0) is 25.2.